The molecule has 1 aliphatic carbocycles. The number of hydrogen-bond acceptors (Lipinski definition) is 4. The van der Waals surface area contributed by atoms with Crippen LogP contribution in [-0.2, 0) is 17.3 Å². The Labute approximate surface area is 172 Å². The molecule has 1 aromatic heterocycles. The highest BCUT2D eigenvalue weighted by Crippen LogP contribution is 2.55. The van der Waals surface area contributed by atoms with Gasteiger partial charge in [-0.1, -0.05) is 64.1 Å². The zero-order valence-corrected chi connectivity index (χ0v) is 17.5. The number of benzene rings is 2. The molecule has 2 aromatic carbocycles. The molecule has 1 unspecified atom stereocenters. The quantitative estimate of drug-likeness (QED) is 0.548. The lowest BCUT2D eigenvalue weighted by molar-refractivity contribution is 0.396. The summed E-state index contributed by atoms with van der Waals surface area (Å²) in [6.07, 6.45) is 2.24. The molecule has 4 heteroatoms. The Morgan fingerprint density at radius 3 is 2.03 bits per heavy atom. The first-order valence-electron chi connectivity index (χ1n) is 10.5. The summed E-state index contributed by atoms with van der Waals surface area (Å²) in [5.74, 6) is 2.01. The lowest BCUT2D eigenvalue weighted by Gasteiger charge is -2.27. The van der Waals surface area contributed by atoms with E-state index < -0.39 is 0 Å². The molecule has 1 atom stereocenters. The van der Waals surface area contributed by atoms with Crippen molar-refractivity contribution in [1.82, 2.24) is 9.97 Å². The summed E-state index contributed by atoms with van der Waals surface area (Å²) in [6, 6.07) is 19.4. The summed E-state index contributed by atoms with van der Waals surface area (Å²) in [6.45, 7) is 9.22. The molecule has 3 aromatic rings. The summed E-state index contributed by atoms with van der Waals surface area (Å²) in [5, 5.41) is 0. The van der Waals surface area contributed by atoms with Crippen molar-refractivity contribution in [1.29, 1.82) is 0 Å². The van der Waals surface area contributed by atoms with E-state index in [1.54, 1.807) is 0 Å². The van der Waals surface area contributed by atoms with E-state index in [9.17, 15) is 0 Å². The summed E-state index contributed by atoms with van der Waals surface area (Å²) < 4.78 is 0. The van der Waals surface area contributed by atoms with Crippen LogP contribution in [0, 0.1) is 0 Å². The van der Waals surface area contributed by atoms with Gasteiger partial charge in [-0.3, -0.25) is 0 Å². The first-order valence-corrected chi connectivity index (χ1v) is 10.5. The van der Waals surface area contributed by atoms with Crippen LogP contribution in [0.15, 0.2) is 54.6 Å². The van der Waals surface area contributed by atoms with Crippen LogP contribution in [0.4, 0.5) is 23.0 Å². The number of para-hydroxylation sites is 2. The Balaban J connectivity index is 1.63. The molecule has 0 spiro atoms. The predicted octanol–water partition coefficient (Wildman–Crippen LogP) is 5.61. The summed E-state index contributed by atoms with van der Waals surface area (Å²) in [7, 11) is 0. The Bertz CT molecular complexity index is 1100. The van der Waals surface area contributed by atoms with Gasteiger partial charge in [0.15, 0.2) is 11.6 Å². The highest BCUT2D eigenvalue weighted by molar-refractivity contribution is 5.87. The van der Waals surface area contributed by atoms with Gasteiger partial charge in [0.1, 0.15) is 6.17 Å². The molecule has 2 aliphatic heterocycles. The zero-order valence-electron chi connectivity index (χ0n) is 17.5. The first-order chi connectivity index (χ1) is 13.9. The van der Waals surface area contributed by atoms with Crippen LogP contribution in [0.3, 0.4) is 0 Å². The molecule has 6 rings (SSSR count). The van der Waals surface area contributed by atoms with Crippen LogP contribution in [0.2, 0.25) is 0 Å². The molecular weight excluding hydrogens is 356 g/mol. The molecule has 0 N–H and O–H groups in total. The van der Waals surface area contributed by atoms with E-state index in [4.69, 9.17) is 9.97 Å². The van der Waals surface area contributed by atoms with Crippen molar-refractivity contribution >= 4 is 23.0 Å². The lowest BCUT2D eigenvalue weighted by Crippen LogP contribution is -2.36. The topological polar surface area (TPSA) is 32.3 Å². The molecule has 3 heterocycles. The van der Waals surface area contributed by atoms with Gasteiger partial charge in [0.25, 0.3) is 0 Å². The van der Waals surface area contributed by atoms with Gasteiger partial charge in [-0.15, -0.1) is 0 Å². The Kier molecular flexibility index (Phi) is 3.16. The second kappa shape index (κ2) is 5.38. The van der Waals surface area contributed by atoms with Crippen molar-refractivity contribution in [3.05, 3.63) is 71.5 Å². The number of hydrogen-bond donors (Lipinski definition) is 0. The molecule has 0 radical (unpaired) electrons. The highest BCUT2D eigenvalue weighted by atomic mass is 15.5. The standard InChI is InChI=1S/C25H26N4/c1-24(2)15-25(3,4)21-20(24)26-22-23(27-21)29-18-13-9-8-10-16(18)14-19(29)28(22)17-11-6-5-7-12-17/h5-13,19H,14-15H2,1-4H3. The van der Waals surface area contributed by atoms with Crippen LogP contribution in [-0.4, -0.2) is 16.1 Å². The third kappa shape index (κ3) is 2.20. The third-order valence-electron chi connectivity index (χ3n) is 6.77. The van der Waals surface area contributed by atoms with E-state index in [1.807, 2.05) is 0 Å². The molecular formula is C25H26N4. The fourth-order valence-corrected chi connectivity index (χ4v) is 5.81. The molecule has 0 saturated carbocycles. The normalized spacial score (nSPS) is 22.3. The van der Waals surface area contributed by atoms with Crippen LogP contribution in [0.25, 0.3) is 0 Å². The zero-order chi connectivity index (χ0) is 20.0. The smallest absolute Gasteiger partial charge is 0.178 e. The van der Waals surface area contributed by atoms with Gasteiger partial charge in [0.05, 0.1) is 11.4 Å². The second-order valence-corrected chi connectivity index (χ2v) is 9.90. The minimum absolute atomic E-state index is 0.0359. The third-order valence-corrected chi connectivity index (χ3v) is 6.77. The average Bonchev–Trinajstić information content (AvgIpc) is 3.26. The number of anilines is 4. The van der Waals surface area contributed by atoms with Gasteiger partial charge < -0.3 is 9.80 Å². The predicted molar refractivity (Wildman–Crippen MR) is 117 cm³/mol. The fraction of sp³-hybridized carbons (Fsp3) is 0.360. The minimum Gasteiger partial charge on any atom is -0.301 e. The Morgan fingerprint density at radius 1 is 0.759 bits per heavy atom. The van der Waals surface area contributed by atoms with Crippen molar-refractivity contribution in [2.45, 2.75) is 57.5 Å². The summed E-state index contributed by atoms with van der Waals surface area (Å²) in [4.78, 5) is 15.4. The molecule has 146 valence electrons. The van der Waals surface area contributed by atoms with E-state index in [0.29, 0.717) is 0 Å². The first kappa shape index (κ1) is 17.0. The van der Waals surface area contributed by atoms with Gasteiger partial charge in [0.2, 0.25) is 0 Å². The van der Waals surface area contributed by atoms with Gasteiger partial charge in [0, 0.05) is 28.6 Å². The van der Waals surface area contributed by atoms with E-state index in [-0.39, 0.29) is 17.0 Å². The molecule has 0 saturated heterocycles. The second-order valence-electron chi connectivity index (χ2n) is 9.90. The number of rotatable bonds is 1. The monoisotopic (exact) mass is 382 g/mol. The van der Waals surface area contributed by atoms with E-state index in [2.05, 4.69) is 92.1 Å². The van der Waals surface area contributed by atoms with Gasteiger partial charge in [-0.05, 0) is 30.2 Å². The van der Waals surface area contributed by atoms with Crippen molar-refractivity contribution in [3.63, 3.8) is 0 Å². The summed E-state index contributed by atoms with van der Waals surface area (Å²) in [5.41, 5.74) is 6.23. The lowest BCUT2D eigenvalue weighted by atomic mass is 9.83. The van der Waals surface area contributed by atoms with Crippen LogP contribution in [0.1, 0.15) is 51.1 Å². The van der Waals surface area contributed by atoms with Crippen LogP contribution < -0.4 is 9.80 Å². The van der Waals surface area contributed by atoms with Gasteiger partial charge in [-0.2, -0.15) is 0 Å². The molecule has 29 heavy (non-hydrogen) atoms. The van der Waals surface area contributed by atoms with Gasteiger partial charge in [-0.25, -0.2) is 9.97 Å². The molecule has 0 amide bonds. The minimum atomic E-state index is 0.0359. The van der Waals surface area contributed by atoms with E-state index in [1.165, 1.54) is 22.6 Å². The van der Waals surface area contributed by atoms with E-state index >= 15 is 0 Å². The molecule has 0 bridgehead atoms. The van der Waals surface area contributed by atoms with Crippen molar-refractivity contribution in [3.8, 4) is 0 Å². The Morgan fingerprint density at radius 2 is 1.34 bits per heavy atom. The van der Waals surface area contributed by atoms with Crippen molar-refractivity contribution in [2.24, 2.45) is 0 Å². The van der Waals surface area contributed by atoms with Crippen molar-refractivity contribution in [2.75, 3.05) is 9.80 Å². The number of nitrogens with zero attached hydrogens (tertiary/aromatic N) is 4. The highest BCUT2D eigenvalue weighted by Gasteiger charge is 2.50. The van der Waals surface area contributed by atoms with Crippen molar-refractivity contribution < 1.29 is 0 Å². The van der Waals surface area contributed by atoms with E-state index in [0.717, 1.165) is 30.2 Å². The molecule has 4 nitrogen and oxygen atoms in total. The molecule has 3 aliphatic rings. The maximum absolute atomic E-state index is 5.32. The maximum atomic E-state index is 5.32. The number of aromatic nitrogens is 2. The average molecular weight is 383 g/mol. The number of fused-ring (bicyclic) bond motifs is 6. The van der Waals surface area contributed by atoms with Gasteiger partial charge >= 0.3 is 0 Å². The summed E-state index contributed by atoms with van der Waals surface area (Å²) >= 11 is 0. The molecule has 0 fully saturated rings. The Hall–Kier alpha value is -2.88. The largest absolute Gasteiger partial charge is 0.301 e. The SMILES string of the molecule is CC1(C)CC(C)(C)c2nc3c(nc21)N(c1ccccc1)C1Cc2ccccc2N31. The van der Waals surface area contributed by atoms with Crippen LogP contribution in [0.5, 0.6) is 0 Å². The maximum Gasteiger partial charge on any atom is 0.178 e. The fourth-order valence-electron chi connectivity index (χ4n) is 5.81. The van der Waals surface area contributed by atoms with Crippen LogP contribution >= 0.6 is 0 Å².